The highest BCUT2D eigenvalue weighted by atomic mass is 32.2. The van der Waals surface area contributed by atoms with Crippen LogP contribution in [0.4, 0.5) is 14.5 Å². The number of nitrogens with zero attached hydrogens (tertiary/aromatic N) is 2. The highest BCUT2D eigenvalue weighted by molar-refractivity contribution is 7.89. The van der Waals surface area contributed by atoms with Crippen molar-refractivity contribution in [2.75, 3.05) is 18.4 Å². The monoisotopic (exact) mass is 487 g/mol. The molecule has 1 saturated heterocycles. The van der Waals surface area contributed by atoms with Crippen LogP contribution in [-0.4, -0.2) is 36.9 Å². The number of benzene rings is 2. The van der Waals surface area contributed by atoms with E-state index in [0.29, 0.717) is 18.5 Å². The molecule has 1 N–H and O–H groups in total. The molecule has 1 atom stereocenters. The Morgan fingerprint density at radius 1 is 1.18 bits per heavy atom. The Labute approximate surface area is 196 Å². The van der Waals surface area contributed by atoms with Crippen molar-refractivity contribution in [2.45, 2.75) is 24.7 Å². The predicted octanol–water partition coefficient (Wildman–Crippen LogP) is 4.47. The largest absolute Gasteiger partial charge is 0.355 e. The molecule has 0 aliphatic carbocycles. The zero-order chi connectivity index (χ0) is 24.3. The minimum atomic E-state index is -4.05. The molecule has 7 nitrogen and oxygen atoms in total. The Balaban J connectivity index is 1.54. The van der Waals surface area contributed by atoms with Crippen LogP contribution < -0.4 is 5.32 Å². The van der Waals surface area contributed by atoms with Crippen molar-refractivity contribution in [2.24, 2.45) is 5.92 Å². The van der Waals surface area contributed by atoms with Crippen LogP contribution >= 0.6 is 0 Å². The van der Waals surface area contributed by atoms with Gasteiger partial charge in [0.05, 0.1) is 5.92 Å². The van der Waals surface area contributed by atoms with Crippen molar-refractivity contribution in [3.8, 4) is 0 Å². The highest BCUT2D eigenvalue weighted by Gasteiger charge is 2.37. The summed E-state index contributed by atoms with van der Waals surface area (Å²) in [6.07, 6.45) is 3.75. The van der Waals surface area contributed by atoms with Gasteiger partial charge in [0.1, 0.15) is 17.3 Å². The number of amides is 1. The first-order valence-corrected chi connectivity index (χ1v) is 12.1. The van der Waals surface area contributed by atoms with Crippen LogP contribution in [0, 0.1) is 24.5 Å². The molecule has 2 heterocycles. The van der Waals surface area contributed by atoms with E-state index in [0.717, 1.165) is 0 Å². The average Bonchev–Trinajstić information content (AvgIpc) is 3.19. The molecule has 1 aliphatic rings. The van der Waals surface area contributed by atoms with Gasteiger partial charge in [0.25, 0.3) is 0 Å². The van der Waals surface area contributed by atoms with Crippen LogP contribution in [0.2, 0.25) is 0 Å². The summed E-state index contributed by atoms with van der Waals surface area (Å²) in [6, 6.07) is 11.6. The molecule has 1 fully saturated rings. The van der Waals surface area contributed by atoms with Gasteiger partial charge in [-0.25, -0.2) is 17.2 Å². The third kappa shape index (κ3) is 5.07. The Morgan fingerprint density at radius 2 is 1.97 bits per heavy atom. The third-order valence-corrected chi connectivity index (χ3v) is 7.62. The molecule has 1 amide bonds. The lowest BCUT2D eigenvalue weighted by Crippen LogP contribution is -2.43. The molecule has 4 rings (SSSR count). The molecule has 0 spiro atoms. The Bertz CT molecular complexity index is 1340. The van der Waals surface area contributed by atoms with Crippen LogP contribution in [0.15, 0.2) is 57.9 Å². The quantitative estimate of drug-likeness (QED) is 0.554. The zero-order valence-electron chi connectivity index (χ0n) is 18.4. The number of halogens is 2. The van der Waals surface area contributed by atoms with E-state index in [1.807, 2.05) is 0 Å². The molecule has 1 aromatic heterocycles. The van der Waals surface area contributed by atoms with E-state index in [4.69, 9.17) is 4.52 Å². The van der Waals surface area contributed by atoms with Crippen molar-refractivity contribution in [1.29, 1.82) is 0 Å². The summed E-state index contributed by atoms with van der Waals surface area (Å²) in [4.78, 5) is 12.6. The minimum absolute atomic E-state index is 0.0212. The lowest BCUT2D eigenvalue weighted by Gasteiger charge is -2.31. The van der Waals surface area contributed by atoms with Gasteiger partial charge in [-0.15, -0.1) is 0 Å². The zero-order valence-corrected chi connectivity index (χ0v) is 19.2. The summed E-state index contributed by atoms with van der Waals surface area (Å²) < 4.78 is 60.8. The molecule has 0 radical (unpaired) electrons. The van der Waals surface area contributed by atoms with E-state index in [9.17, 15) is 22.0 Å². The molecule has 0 bridgehead atoms. The molecule has 2 aromatic carbocycles. The fraction of sp³-hybridized carbons (Fsp3) is 0.250. The Kier molecular flexibility index (Phi) is 6.90. The molecule has 3 aromatic rings. The molecule has 1 unspecified atom stereocenters. The first-order valence-electron chi connectivity index (χ1n) is 10.7. The van der Waals surface area contributed by atoms with Gasteiger partial charge in [-0.05, 0) is 56.2 Å². The number of piperidine rings is 1. The number of nitrogens with one attached hydrogen (secondary N) is 1. The van der Waals surface area contributed by atoms with Crippen LogP contribution in [0.25, 0.3) is 12.2 Å². The second-order valence-electron chi connectivity index (χ2n) is 8.02. The normalized spacial score (nSPS) is 17.2. The standard InChI is InChI=1S/C24H23F2N3O4S/c1-16-23(22(33-28-16)12-11-17-6-2-3-10-21(17)26)34(31,32)29-13-5-7-18(15-29)24(30)27-20-9-4-8-19(25)14-20/h2-4,6,8-12,14,18H,5,7,13,15H2,1H3,(H,27,30)/b12-11+. The van der Waals surface area contributed by atoms with Crippen molar-refractivity contribution in [1.82, 2.24) is 9.46 Å². The molecular weight excluding hydrogens is 464 g/mol. The number of aromatic nitrogens is 1. The number of rotatable bonds is 6. The van der Waals surface area contributed by atoms with Gasteiger partial charge < -0.3 is 9.84 Å². The van der Waals surface area contributed by atoms with Gasteiger partial charge >= 0.3 is 0 Å². The van der Waals surface area contributed by atoms with Crippen LogP contribution in [0.1, 0.15) is 29.9 Å². The van der Waals surface area contributed by atoms with Crippen molar-refractivity contribution in [3.63, 3.8) is 0 Å². The second-order valence-corrected chi connectivity index (χ2v) is 9.89. The molecule has 0 saturated carbocycles. The maximum Gasteiger partial charge on any atom is 0.248 e. The predicted molar refractivity (Wildman–Crippen MR) is 123 cm³/mol. The summed E-state index contributed by atoms with van der Waals surface area (Å²) >= 11 is 0. The van der Waals surface area contributed by atoms with Crippen molar-refractivity contribution in [3.05, 3.63) is 77.2 Å². The maximum atomic E-state index is 13.9. The summed E-state index contributed by atoms with van der Waals surface area (Å²) in [6.45, 7) is 1.70. The van der Waals surface area contributed by atoms with Gasteiger partial charge in [-0.3, -0.25) is 4.79 Å². The average molecular weight is 488 g/mol. The van der Waals surface area contributed by atoms with E-state index >= 15 is 0 Å². The third-order valence-electron chi connectivity index (χ3n) is 5.60. The Hall–Kier alpha value is -3.37. The van der Waals surface area contributed by atoms with E-state index in [1.54, 1.807) is 24.3 Å². The molecule has 178 valence electrons. The SMILES string of the molecule is Cc1noc(/C=C/c2ccccc2F)c1S(=O)(=O)N1CCCC(C(=O)Nc2cccc(F)c2)C1. The molecule has 10 heteroatoms. The number of aryl methyl sites for hydroxylation is 1. The van der Waals surface area contributed by atoms with Crippen molar-refractivity contribution >= 4 is 33.8 Å². The number of hydrogen-bond acceptors (Lipinski definition) is 5. The van der Waals surface area contributed by atoms with Gasteiger partial charge in [-0.1, -0.05) is 29.4 Å². The topological polar surface area (TPSA) is 92.5 Å². The van der Waals surface area contributed by atoms with Crippen LogP contribution in [0.3, 0.4) is 0 Å². The van der Waals surface area contributed by atoms with E-state index in [-0.39, 0.29) is 40.9 Å². The lowest BCUT2D eigenvalue weighted by atomic mass is 9.99. The highest BCUT2D eigenvalue weighted by Crippen LogP contribution is 2.30. The number of hydrogen-bond donors (Lipinski definition) is 1. The number of carbonyl (C=O) groups is 1. The maximum absolute atomic E-state index is 13.9. The van der Waals surface area contributed by atoms with Gasteiger partial charge in [0, 0.05) is 24.3 Å². The Morgan fingerprint density at radius 3 is 2.74 bits per heavy atom. The smallest absolute Gasteiger partial charge is 0.248 e. The lowest BCUT2D eigenvalue weighted by molar-refractivity contribution is -0.120. The minimum Gasteiger partial charge on any atom is -0.355 e. The first-order chi connectivity index (χ1) is 16.3. The fourth-order valence-electron chi connectivity index (χ4n) is 3.89. The van der Waals surface area contributed by atoms with E-state index in [2.05, 4.69) is 10.5 Å². The summed E-state index contributed by atoms with van der Waals surface area (Å²) in [5, 5.41) is 6.44. The van der Waals surface area contributed by atoms with Gasteiger partial charge in [0.15, 0.2) is 10.7 Å². The van der Waals surface area contributed by atoms with Crippen LogP contribution in [-0.2, 0) is 14.8 Å². The summed E-state index contributed by atoms with van der Waals surface area (Å²) in [5.74, 6) is -1.95. The number of sulfonamides is 1. The number of anilines is 1. The molecule has 1 aliphatic heterocycles. The number of carbonyl (C=O) groups excluding carboxylic acids is 1. The van der Waals surface area contributed by atoms with Crippen molar-refractivity contribution < 1.29 is 26.5 Å². The first kappa shape index (κ1) is 23.8. The second kappa shape index (κ2) is 9.86. The van der Waals surface area contributed by atoms with Gasteiger partial charge in [0.2, 0.25) is 15.9 Å². The molecular formula is C24H23F2N3O4S. The fourth-order valence-corrected chi connectivity index (χ4v) is 5.66. The molecule has 34 heavy (non-hydrogen) atoms. The van der Waals surface area contributed by atoms with E-state index in [1.165, 1.54) is 47.6 Å². The van der Waals surface area contributed by atoms with Gasteiger partial charge in [-0.2, -0.15) is 4.31 Å². The van der Waals surface area contributed by atoms with E-state index < -0.39 is 27.6 Å². The van der Waals surface area contributed by atoms with Crippen LogP contribution in [0.5, 0.6) is 0 Å². The summed E-state index contributed by atoms with van der Waals surface area (Å²) in [7, 11) is -4.05. The summed E-state index contributed by atoms with van der Waals surface area (Å²) in [5.41, 5.74) is 0.743.